The second-order valence-electron chi connectivity index (χ2n) is 8.12. The van der Waals surface area contributed by atoms with Gasteiger partial charge in [-0.2, -0.15) is 0 Å². The fourth-order valence-electron chi connectivity index (χ4n) is 4.68. The van der Waals surface area contributed by atoms with Crippen LogP contribution in [0.5, 0.6) is 0 Å². The zero-order valence-corrected chi connectivity index (χ0v) is 16.3. The molecule has 6 heteroatoms. The van der Waals surface area contributed by atoms with E-state index in [9.17, 15) is 14.4 Å². The number of carbonyl (C=O) groups excluding carboxylic acids is 3. The number of nitrogens with one attached hydrogen (secondary N) is 1. The molecule has 0 unspecified atom stereocenters. The highest BCUT2D eigenvalue weighted by atomic mass is 16.2. The number of carbonyl (C=O) groups is 3. The molecule has 4 rings (SSSR count). The number of amides is 4. The van der Waals surface area contributed by atoms with Crippen LogP contribution < -0.4 is 5.32 Å². The average Bonchev–Trinajstić information content (AvgIpc) is 2.96. The molecule has 1 aromatic carbocycles. The summed E-state index contributed by atoms with van der Waals surface area (Å²) < 4.78 is 0. The van der Waals surface area contributed by atoms with E-state index in [2.05, 4.69) is 23.5 Å². The molecule has 1 saturated carbocycles. The van der Waals surface area contributed by atoms with Gasteiger partial charge >= 0.3 is 6.03 Å². The van der Waals surface area contributed by atoms with Crippen LogP contribution in [0.4, 0.5) is 4.79 Å². The standard InChI is InChI=1S/C22H27N3O3/c1-16-7-5-6-12-22(16)20(27)25(21(28)23-22)15-19(26)24-13-10-18(11-14-24)17-8-3-2-4-9-17/h2-4,8-10,16H,5-7,11-15H2,1H3,(H,23,28)/t16-,22+/m1/s1. The van der Waals surface area contributed by atoms with Gasteiger partial charge in [0.05, 0.1) is 0 Å². The third-order valence-corrected chi connectivity index (χ3v) is 6.50. The second kappa shape index (κ2) is 7.41. The van der Waals surface area contributed by atoms with Gasteiger partial charge in [0.1, 0.15) is 12.1 Å². The molecule has 0 bridgehead atoms. The summed E-state index contributed by atoms with van der Waals surface area (Å²) in [7, 11) is 0. The van der Waals surface area contributed by atoms with E-state index in [1.807, 2.05) is 25.1 Å². The van der Waals surface area contributed by atoms with Gasteiger partial charge in [0.2, 0.25) is 5.91 Å². The molecule has 0 radical (unpaired) electrons. The van der Waals surface area contributed by atoms with Crippen molar-refractivity contribution in [3.8, 4) is 0 Å². The first-order valence-electron chi connectivity index (χ1n) is 10.2. The van der Waals surface area contributed by atoms with Gasteiger partial charge < -0.3 is 10.2 Å². The zero-order valence-electron chi connectivity index (χ0n) is 16.3. The lowest BCUT2D eigenvalue weighted by Crippen LogP contribution is -2.54. The summed E-state index contributed by atoms with van der Waals surface area (Å²) in [5.74, 6) is -0.299. The van der Waals surface area contributed by atoms with Gasteiger partial charge in [-0.05, 0) is 36.3 Å². The summed E-state index contributed by atoms with van der Waals surface area (Å²) in [5, 5.41) is 2.91. The number of urea groups is 1. The van der Waals surface area contributed by atoms with Crippen molar-refractivity contribution < 1.29 is 14.4 Å². The fourth-order valence-corrected chi connectivity index (χ4v) is 4.68. The Morgan fingerprint density at radius 3 is 2.68 bits per heavy atom. The maximum Gasteiger partial charge on any atom is 0.325 e. The van der Waals surface area contributed by atoms with E-state index < -0.39 is 11.6 Å². The van der Waals surface area contributed by atoms with Crippen LogP contribution >= 0.6 is 0 Å². The third kappa shape index (κ3) is 3.21. The van der Waals surface area contributed by atoms with E-state index in [1.165, 1.54) is 11.1 Å². The lowest BCUT2D eigenvalue weighted by Gasteiger charge is -2.37. The Balaban J connectivity index is 1.41. The molecule has 1 saturated heterocycles. The molecule has 1 aromatic rings. The van der Waals surface area contributed by atoms with Gasteiger partial charge in [0, 0.05) is 13.1 Å². The Hall–Kier alpha value is -2.63. The van der Waals surface area contributed by atoms with E-state index >= 15 is 0 Å². The first-order chi connectivity index (χ1) is 13.5. The normalized spacial score (nSPS) is 27.8. The van der Waals surface area contributed by atoms with Gasteiger partial charge in [-0.3, -0.25) is 14.5 Å². The van der Waals surface area contributed by atoms with Gasteiger partial charge in [0.25, 0.3) is 5.91 Å². The Kier molecular flexibility index (Phi) is 4.96. The number of hydrogen-bond donors (Lipinski definition) is 1. The molecule has 2 fully saturated rings. The Morgan fingerprint density at radius 2 is 2.00 bits per heavy atom. The molecule has 1 spiro atoms. The van der Waals surface area contributed by atoms with Gasteiger partial charge in [-0.15, -0.1) is 0 Å². The van der Waals surface area contributed by atoms with Crippen LogP contribution in [0.25, 0.3) is 5.57 Å². The topological polar surface area (TPSA) is 69.7 Å². The number of imide groups is 1. The highest BCUT2D eigenvalue weighted by molar-refractivity contribution is 6.09. The minimum absolute atomic E-state index is 0.101. The van der Waals surface area contributed by atoms with E-state index in [4.69, 9.17) is 0 Å². The molecule has 2 atom stereocenters. The summed E-state index contributed by atoms with van der Waals surface area (Å²) in [6.45, 7) is 2.95. The average molecular weight is 381 g/mol. The van der Waals surface area contributed by atoms with Crippen LogP contribution in [0.1, 0.15) is 44.6 Å². The fraction of sp³-hybridized carbons (Fsp3) is 0.500. The predicted octanol–water partition coefficient (Wildman–Crippen LogP) is 2.80. The second-order valence-corrected chi connectivity index (χ2v) is 8.12. The predicted molar refractivity (Wildman–Crippen MR) is 106 cm³/mol. The molecule has 6 nitrogen and oxygen atoms in total. The summed E-state index contributed by atoms with van der Waals surface area (Å²) >= 11 is 0. The zero-order chi connectivity index (χ0) is 19.7. The van der Waals surface area contributed by atoms with Crippen molar-refractivity contribution in [3.05, 3.63) is 42.0 Å². The molecule has 1 aliphatic carbocycles. The quantitative estimate of drug-likeness (QED) is 0.819. The van der Waals surface area contributed by atoms with Crippen LogP contribution in [-0.2, 0) is 9.59 Å². The minimum Gasteiger partial charge on any atom is -0.337 e. The molecule has 3 aliphatic rings. The van der Waals surface area contributed by atoms with E-state index in [1.54, 1.807) is 4.90 Å². The molecular formula is C22H27N3O3. The van der Waals surface area contributed by atoms with Gasteiger partial charge in [0.15, 0.2) is 0 Å². The molecule has 1 N–H and O–H groups in total. The minimum atomic E-state index is -0.808. The highest BCUT2D eigenvalue weighted by Gasteiger charge is 2.55. The summed E-state index contributed by atoms with van der Waals surface area (Å²) in [6, 6.07) is 9.72. The summed E-state index contributed by atoms with van der Waals surface area (Å²) in [6.07, 6.45) is 6.43. The van der Waals surface area contributed by atoms with Crippen molar-refractivity contribution in [1.29, 1.82) is 0 Å². The van der Waals surface area contributed by atoms with Crippen LogP contribution in [0.15, 0.2) is 36.4 Å². The maximum absolute atomic E-state index is 13.0. The smallest absolute Gasteiger partial charge is 0.325 e. The largest absolute Gasteiger partial charge is 0.337 e. The van der Waals surface area contributed by atoms with Gasteiger partial charge in [-0.25, -0.2) is 4.79 Å². The Morgan fingerprint density at radius 1 is 1.21 bits per heavy atom. The van der Waals surface area contributed by atoms with Crippen LogP contribution in [-0.4, -0.2) is 52.8 Å². The Labute approximate surface area is 165 Å². The Bertz CT molecular complexity index is 820. The van der Waals surface area contributed by atoms with Crippen LogP contribution in [0.2, 0.25) is 0 Å². The van der Waals surface area contributed by atoms with E-state index in [-0.39, 0.29) is 24.3 Å². The van der Waals surface area contributed by atoms with Crippen LogP contribution in [0.3, 0.4) is 0 Å². The SMILES string of the molecule is C[C@@H]1CCCC[C@]12NC(=O)N(CC(=O)N1CC=C(c3ccccc3)CC1)C2=O. The highest BCUT2D eigenvalue weighted by Crippen LogP contribution is 2.38. The van der Waals surface area contributed by atoms with Crippen molar-refractivity contribution in [2.45, 2.75) is 44.6 Å². The monoisotopic (exact) mass is 381 g/mol. The molecular weight excluding hydrogens is 354 g/mol. The first kappa shape index (κ1) is 18.7. The molecule has 148 valence electrons. The summed E-state index contributed by atoms with van der Waals surface area (Å²) in [4.78, 5) is 41.1. The van der Waals surface area contributed by atoms with E-state index in [0.29, 0.717) is 19.5 Å². The third-order valence-electron chi connectivity index (χ3n) is 6.50. The maximum atomic E-state index is 13.0. The molecule has 4 amide bonds. The van der Waals surface area contributed by atoms with Gasteiger partial charge in [-0.1, -0.05) is 56.2 Å². The lowest BCUT2D eigenvalue weighted by atomic mass is 9.73. The lowest BCUT2D eigenvalue weighted by molar-refractivity contribution is -0.140. The molecule has 0 aromatic heterocycles. The van der Waals surface area contributed by atoms with Crippen molar-refractivity contribution in [3.63, 3.8) is 0 Å². The molecule has 28 heavy (non-hydrogen) atoms. The van der Waals surface area contributed by atoms with Crippen molar-refractivity contribution in [2.24, 2.45) is 5.92 Å². The van der Waals surface area contributed by atoms with Crippen molar-refractivity contribution >= 4 is 23.4 Å². The number of nitrogens with zero attached hydrogens (tertiary/aromatic N) is 2. The van der Waals surface area contributed by atoms with Crippen molar-refractivity contribution in [1.82, 2.24) is 15.1 Å². The summed E-state index contributed by atoms with van der Waals surface area (Å²) in [5.41, 5.74) is 1.60. The molecule has 2 heterocycles. The first-order valence-corrected chi connectivity index (χ1v) is 10.2. The number of rotatable bonds is 3. The number of hydrogen-bond acceptors (Lipinski definition) is 3. The molecule has 2 aliphatic heterocycles. The van der Waals surface area contributed by atoms with Crippen molar-refractivity contribution in [2.75, 3.05) is 19.6 Å². The van der Waals surface area contributed by atoms with E-state index in [0.717, 1.165) is 30.6 Å². The van der Waals surface area contributed by atoms with Crippen LogP contribution in [0, 0.1) is 5.92 Å². The number of benzene rings is 1.